The first-order valence-electron chi connectivity index (χ1n) is 12.6. The lowest BCUT2D eigenvalue weighted by molar-refractivity contribution is 0.102. The van der Waals surface area contributed by atoms with E-state index in [1.165, 1.54) is 0 Å². The van der Waals surface area contributed by atoms with Crippen LogP contribution in [0.25, 0.3) is 22.2 Å². The average Bonchev–Trinajstić information content (AvgIpc) is 2.93. The lowest BCUT2D eigenvalue weighted by Gasteiger charge is -2.17. The molecule has 1 heterocycles. The van der Waals surface area contributed by atoms with E-state index in [9.17, 15) is 4.79 Å². The molecule has 190 valence electrons. The van der Waals surface area contributed by atoms with Crippen molar-refractivity contribution in [2.24, 2.45) is 0 Å². The Kier molecular flexibility index (Phi) is 7.09. The molecular weight excluding hydrogens is 472 g/mol. The molecule has 1 aromatic heterocycles. The van der Waals surface area contributed by atoms with Crippen LogP contribution in [0.4, 0.5) is 5.69 Å². The first kappa shape index (κ1) is 25.0. The van der Waals surface area contributed by atoms with E-state index in [0.29, 0.717) is 17.9 Å². The van der Waals surface area contributed by atoms with E-state index in [1.807, 2.05) is 106 Å². The molecule has 5 nitrogen and oxygen atoms in total. The monoisotopic (exact) mass is 502 g/mol. The van der Waals surface area contributed by atoms with Crippen LogP contribution >= 0.6 is 0 Å². The Hall–Kier alpha value is -4.64. The van der Waals surface area contributed by atoms with Crippen molar-refractivity contribution in [2.45, 2.75) is 27.4 Å². The minimum atomic E-state index is -0.172. The molecule has 0 fully saturated rings. The Morgan fingerprint density at radius 1 is 0.842 bits per heavy atom. The van der Waals surface area contributed by atoms with Crippen molar-refractivity contribution in [3.63, 3.8) is 0 Å². The molecule has 0 spiro atoms. The summed E-state index contributed by atoms with van der Waals surface area (Å²) in [4.78, 5) is 18.7. The van der Waals surface area contributed by atoms with Gasteiger partial charge in [0, 0.05) is 16.6 Å². The Labute approximate surface area is 223 Å². The average molecular weight is 503 g/mol. The van der Waals surface area contributed by atoms with Crippen LogP contribution in [0.2, 0.25) is 0 Å². The predicted molar refractivity (Wildman–Crippen MR) is 153 cm³/mol. The molecule has 0 aliphatic heterocycles. The maximum Gasteiger partial charge on any atom is 0.256 e. The van der Waals surface area contributed by atoms with E-state index >= 15 is 0 Å². The molecule has 0 radical (unpaired) electrons. The van der Waals surface area contributed by atoms with Crippen molar-refractivity contribution in [3.05, 3.63) is 119 Å². The summed E-state index contributed by atoms with van der Waals surface area (Å²) in [7, 11) is 1.62. The second kappa shape index (κ2) is 10.8. The summed E-state index contributed by atoms with van der Waals surface area (Å²) in [6.07, 6.45) is 0. The number of hydrogen-bond acceptors (Lipinski definition) is 4. The van der Waals surface area contributed by atoms with Gasteiger partial charge in [-0.05, 0) is 92.1 Å². The maximum absolute atomic E-state index is 13.7. The zero-order valence-corrected chi connectivity index (χ0v) is 22.0. The van der Waals surface area contributed by atoms with Crippen molar-refractivity contribution in [3.8, 4) is 22.8 Å². The third-order valence-electron chi connectivity index (χ3n) is 6.62. The molecule has 0 aliphatic carbocycles. The minimum absolute atomic E-state index is 0.172. The van der Waals surface area contributed by atoms with E-state index < -0.39 is 0 Å². The molecule has 0 unspecified atom stereocenters. The molecule has 1 amide bonds. The van der Waals surface area contributed by atoms with E-state index in [0.717, 1.165) is 55.9 Å². The molecule has 0 saturated carbocycles. The van der Waals surface area contributed by atoms with Crippen LogP contribution in [0.15, 0.2) is 91.0 Å². The molecule has 5 rings (SSSR count). The van der Waals surface area contributed by atoms with Crippen molar-refractivity contribution in [2.75, 3.05) is 12.4 Å². The van der Waals surface area contributed by atoms with Gasteiger partial charge in [0.1, 0.15) is 18.1 Å². The van der Waals surface area contributed by atoms with Crippen molar-refractivity contribution in [1.82, 2.24) is 4.98 Å². The van der Waals surface area contributed by atoms with Gasteiger partial charge >= 0.3 is 0 Å². The zero-order chi connectivity index (χ0) is 26.6. The molecule has 0 aliphatic rings. The van der Waals surface area contributed by atoms with Crippen LogP contribution < -0.4 is 14.8 Å². The van der Waals surface area contributed by atoms with Gasteiger partial charge in [0.15, 0.2) is 0 Å². The summed E-state index contributed by atoms with van der Waals surface area (Å²) in [5.41, 5.74) is 7.90. The van der Waals surface area contributed by atoms with Gasteiger partial charge in [-0.3, -0.25) is 4.79 Å². The lowest BCUT2D eigenvalue weighted by Crippen LogP contribution is -2.15. The van der Waals surface area contributed by atoms with E-state index in [1.54, 1.807) is 7.11 Å². The predicted octanol–water partition coefficient (Wildman–Crippen LogP) is 7.67. The number of methoxy groups -OCH3 is 1. The summed E-state index contributed by atoms with van der Waals surface area (Å²) in [5, 5.41) is 3.90. The smallest absolute Gasteiger partial charge is 0.256 e. The fraction of sp³-hybridized carbons (Fsp3) is 0.152. The highest BCUT2D eigenvalue weighted by molar-refractivity contribution is 6.15. The lowest BCUT2D eigenvalue weighted by atomic mass is 9.94. The number of nitrogens with one attached hydrogen (secondary N) is 1. The number of rotatable bonds is 7. The summed E-state index contributed by atoms with van der Waals surface area (Å²) in [5.74, 6) is 1.34. The molecule has 1 N–H and O–H groups in total. The van der Waals surface area contributed by atoms with Crippen molar-refractivity contribution < 1.29 is 14.3 Å². The zero-order valence-electron chi connectivity index (χ0n) is 22.0. The Morgan fingerprint density at radius 3 is 2.21 bits per heavy atom. The molecular formula is C33H30N2O3. The van der Waals surface area contributed by atoms with Gasteiger partial charge in [-0.25, -0.2) is 4.98 Å². The van der Waals surface area contributed by atoms with Crippen LogP contribution in [0.3, 0.4) is 0 Å². The number of hydrogen-bond donors (Lipinski definition) is 1. The van der Waals surface area contributed by atoms with Crippen molar-refractivity contribution in [1.29, 1.82) is 0 Å². The highest BCUT2D eigenvalue weighted by Crippen LogP contribution is 2.33. The van der Waals surface area contributed by atoms with Gasteiger partial charge in [-0.2, -0.15) is 0 Å². The van der Waals surface area contributed by atoms with Gasteiger partial charge in [0.2, 0.25) is 0 Å². The van der Waals surface area contributed by atoms with E-state index in [-0.39, 0.29) is 5.91 Å². The largest absolute Gasteiger partial charge is 0.497 e. The molecule has 5 heteroatoms. The Balaban J connectivity index is 1.51. The fourth-order valence-electron chi connectivity index (χ4n) is 4.71. The number of carbonyl (C=O) groups excluding carboxylic acids is 1. The second-order valence-electron chi connectivity index (χ2n) is 9.42. The number of aromatic nitrogens is 1. The highest BCUT2D eigenvalue weighted by Gasteiger charge is 2.20. The van der Waals surface area contributed by atoms with Gasteiger partial charge < -0.3 is 14.8 Å². The van der Waals surface area contributed by atoms with Gasteiger partial charge in [0.05, 0.1) is 23.9 Å². The number of carbonyl (C=O) groups is 1. The van der Waals surface area contributed by atoms with E-state index in [2.05, 4.69) is 11.4 Å². The molecule has 0 saturated heterocycles. The normalized spacial score (nSPS) is 10.8. The summed E-state index contributed by atoms with van der Waals surface area (Å²) in [6.45, 7) is 6.53. The Morgan fingerprint density at radius 2 is 1.53 bits per heavy atom. The fourth-order valence-corrected chi connectivity index (χ4v) is 4.71. The topological polar surface area (TPSA) is 60.5 Å². The third-order valence-corrected chi connectivity index (χ3v) is 6.62. The van der Waals surface area contributed by atoms with Crippen LogP contribution in [0.5, 0.6) is 11.5 Å². The number of ether oxygens (including phenoxy) is 2. The second-order valence-corrected chi connectivity index (χ2v) is 9.42. The number of anilines is 1. The summed E-state index contributed by atoms with van der Waals surface area (Å²) >= 11 is 0. The highest BCUT2D eigenvalue weighted by atomic mass is 16.5. The van der Waals surface area contributed by atoms with Crippen LogP contribution in [-0.4, -0.2) is 18.0 Å². The first-order valence-corrected chi connectivity index (χ1v) is 12.6. The molecule has 0 atom stereocenters. The van der Waals surface area contributed by atoms with Crippen LogP contribution in [-0.2, 0) is 6.61 Å². The van der Waals surface area contributed by atoms with Crippen LogP contribution in [0.1, 0.15) is 32.6 Å². The maximum atomic E-state index is 13.7. The molecule has 4 aromatic carbocycles. The van der Waals surface area contributed by atoms with Crippen molar-refractivity contribution >= 4 is 22.5 Å². The van der Waals surface area contributed by atoms with Gasteiger partial charge in [-0.1, -0.05) is 42.0 Å². The SMILES string of the molecule is COc1ccc(NC(=O)c2c(C)c(-c3ccc(OCc4ccccc4)cc3)nc3c(C)cc(C)cc23)cc1. The molecule has 0 bridgehead atoms. The summed E-state index contributed by atoms with van der Waals surface area (Å²) < 4.78 is 11.2. The quantitative estimate of drug-likeness (QED) is 0.248. The Bertz CT molecular complexity index is 1590. The van der Waals surface area contributed by atoms with Gasteiger partial charge in [0.25, 0.3) is 5.91 Å². The molecule has 5 aromatic rings. The summed E-state index contributed by atoms with van der Waals surface area (Å²) in [6, 6.07) is 29.4. The number of fused-ring (bicyclic) bond motifs is 1. The number of nitrogens with zero attached hydrogens (tertiary/aromatic N) is 1. The minimum Gasteiger partial charge on any atom is -0.497 e. The number of benzene rings is 4. The third kappa shape index (κ3) is 5.23. The number of amides is 1. The van der Waals surface area contributed by atoms with E-state index in [4.69, 9.17) is 14.5 Å². The number of pyridine rings is 1. The number of aryl methyl sites for hydroxylation is 2. The van der Waals surface area contributed by atoms with Gasteiger partial charge in [-0.15, -0.1) is 0 Å². The molecule has 38 heavy (non-hydrogen) atoms. The van der Waals surface area contributed by atoms with Crippen LogP contribution in [0, 0.1) is 20.8 Å². The standard InChI is InChI=1S/C33H30N2O3/c1-21-18-22(2)31-29(19-21)30(33(36)34-26-12-16-27(37-4)17-13-26)23(3)32(35-31)25-10-14-28(15-11-25)38-20-24-8-6-5-7-9-24/h5-19H,20H2,1-4H3,(H,34,36). The first-order chi connectivity index (χ1) is 18.4.